The molecule has 0 bridgehead atoms. The highest BCUT2D eigenvalue weighted by Gasteiger charge is 2.34. The summed E-state index contributed by atoms with van der Waals surface area (Å²) in [6.45, 7) is 1.79. The number of aromatic nitrogens is 3. The van der Waals surface area contributed by atoms with Gasteiger partial charge in [-0.3, -0.25) is 0 Å². The van der Waals surface area contributed by atoms with Crippen molar-refractivity contribution in [2.45, 2.75) is 13.0 Å². The first kappa shape index (κ1) is 12.8. The van der Waals surface area contributed by atoms with Crippen LogP contribution in [0.15, 0.2) is 29.3 Å². The minimum Gasteiger partial charge on any atom is -0.366 e. The molecule has 2 heterocycles. The van der Waals surface area contributed by atoms with Crippen LogP contribution < -0.4 is 5.73 Å². The van der Waals surface area contributed by atoms with Crippen molar-refractivity contribution in [3.63, 3.8) is 0 Å². The van der Waals surface area contributed by atoms with Crippen molar-refractivity contribution in [1.29, 1.82) is 10.5 Å². The van der Waals surface area contributed by atoms with E-state index in [-0.39, 0.29) is 12.0 Å². The number of nitrogens with zero attached hydrogens (tertiary/aromatic N) is 6. The summed E-state index contributed by atoms with van der Waals surface area (Å²) in [6.07, 6.45) is 0. The lowest BCUT2D eigenvalue weighted by Crippen LogP contribution is -2.29. The van der Waals surface area contributed by atoms with E-state index in [4.69, 9.17) is 11.0 Å². The molecule has 0 aliphatic carbocycles. The lowest BCUT2D eigenvalue weighted by atomic mass is 9.89. The summed E-state index contributed by atoms with van der Waals surface area (Å²) in [5.74, 6) is 0.0659. The molecule has 3 rings (SSSR count). The molecule has 2 unspecified atom stereocenters. The number of hydrogen-bond donors (Lipinski definition) is 1. The molecular formula is C14H11N7. The van der Waals surface area contributed by atoms with Crippen molar-refractivity contribution in [3.8, 4) is 12.1 Å². The van der Waals surface area contributed by atoms with Gasteiger partial charge in [-0.05, 0) is 24.6 Å². The number of rotatable bonds is 1. The Morgan fingerprint density at radius 3 is 2.57 bits per heavy atom. The van der Waals surface area contributed by atoms with Crippen molar-refractivity contribution >= 4 is 17.6 Å². The SMILES string of the molecule is CC1=Nc2nc(N)nn2C(c2ccc(C#N)cc2)C1C#N. The highest BCUT2D eigenvalue weighted by atomic mass is 15.4. The first-order valence-corrected chi connectivity index (χ1v) is 6.31. The summed E-state index contributed by atoms with van der Waals surface area (Å²) in [5, 5.41) is 22.5. The second-order valence-electron chi connectivity index (χ2n) is 4.75. The van der Waals surface area contributed by atoms with Crippen LogP contribution >= 0.6 is 0 Å². The van der Waals surface area contributed by atoms with E-state index in [1.54, 1.807) is 23.7 Å². The van der Waals surface area contributed by atoms with Crippen LogP contribution in [0.25, 0.3) is 0 Å². The molecule has 0 saturated carbocycles. The molecule has 1 aromatic heterocycles. The number of nitriles is 2. The minimum absolute atomic E-state index is 0.124. The predicted octanol–water partition coefficient (Wildman–Crippen LogP) is 1.57. The van der Waals surface area contributed by atoms with Crippen LogP contribution in [0.2, 0.25) is 0 Å². The smallest absolute Gasteiger partial charge is 0.250 e. The van der Waals surface area contributed by atoms with Gasteiger partial charge in [0.15, 0.2) is 0 Å². The number of nitrogens with two attached hydrogens (primary N) is 1. The maximum absolute atomic E-state index is 9.45. The molecule has 0 radical (unpaired) electrons. The summed E-state index contributed by atoms with van der Waals surface area (Å²) in [6, 6.07) is 11.0. The molecule has 102 valence electrons. The van der Waals surface area contributed by atoms with Crippen LogP contribution in [0, 0.1) is 28.6 Å². The van der Waals surface area contributed by atoms with Crippen LogP contribution in [0.4, 0.5) is 11.9 Å². The molecule has 2 atom stereocenters. The van der Waals surface area contributed by atoms with Crippen molar-refractivity contribution in [2.24, 2.45) is 10.9 Å². The predicted molar refractivity (Wildman–Crippen MR) is 75.6 cm³/mol. The van der Waals surface area contributed by atoms with E-state index in [0.29, 0.717) is 17.2 Å². The molecule has 1 aliphatic rings. The fraction of sp³-hybridized carbons (Fsp3) is 0.214. The Balaban J connectivity index is 2.15. The third-order valence-electron chi connectivity index (χ3n) is 3.46. The number of anilines is 1. The van der Waals surface area contributed by atoms with E-state index in [1.165, 1.54) is 0 Å². The number of hydrogen-bond acceptors (Lipinski definition) is 6. The van der Waals surface area contributed by atoms with Gasteiger partial charge in [-0.25, -0.2) is 9.67 Å². The maximum atomic E-state index is 9.45. The molecule has 0 amide bonds. The third-order valence-corrected chi connectivity index (χ3v) is 3.46. The Hall–Kier alpha value is -3.19. The quantitative estimate of drug-likeness (QED) is 0.848. The molecule has 7 heteroatoms. The van der Waals surface area contributed by atoms with Gasteiger partial charge in [-0.15, -0.1) is 5.10 Å². The summed E-state index contributed by atoms with van der Waals surface area (Å²) in [5.41, 5.74) is 7.74. The first-order valence-electron chi connectivity index (χ1n) is 6.31. The molecule has 7 nitrogen and oxygen atoms in total. The second-order valence-corrected chi connectivity index (χ2v) is 4.75. The molecule has 21 heavy (non-hydrogen) atoms. The van der Waals surface area contributed by atoms with Crippen LogP contribution in [0.1, 0.15) is 24.1 Å². The number of fused-ring (bicyclic) bond motifs is 1. The zero-order valence-electron chi connectivity index (χ0n) is 11.2. The van der Waals surface area contributed by atoms with Gasteiger partial charge in [0.1, 0.15) is 12.0 Å². The highest BCUT2D eigenvalue weighted by Crippen LogP contribution is 2.35. The second kappa shape index (κ2) is 4.73. The third kappa shape index (κ3) is 2.01. The van der Waals surface area contributed by atoms with Gasteiger partial charge in [0.05, 0.1) is 17.7 Å². The van der Waals surface area contributed by atoms with E-state index < -0.39 is 5.92 Å². The van der Waals surface area contributed by atoms with Gasteiger partial charge in [0, 0.05) is 5.71 Å². The fourth-order valence-electron chi connectivity index (χ4n) is 2.44. The van der Waals surface area contributed by atoms with Crippen LogP contribution in [0.3, 0.4) is 0 Å². The average Bonchev–Trinajstić information content (AvgIpc) is 2.85. The number of aliphatic imine (C=N–C) groups is 1. The first-order chi connectivity index (χ1) is 10.1. The van der Waals surface area contributed by atoms with Gasteiger partial charge < -0.3 is 5.73 Å². The van der Waals surface area contributed by atoms with E-state index in [9.17, 15) is 5.26 Å². The van der Waals surface area contributed by atoms with Gasteiger partial charge >= 0.3 is 0 Å². The lowest BCUT2D eigenvalue weighted by Gasteiger charge is -2.26. The molecule has 0 fully saturated rings. The van der Waals surface area contributed by atoms with Crippen molar-refractivity contribution in [1.82, 2.24) is 14.8 Å². The normalized spacial score (nSPS) is 20.0. The topological polar surface area (TPSA) is 117 Å². The average molecular weight is 277 g/mol. The van der Waals surface area contributed by atoms with Crippen LogP contribution in [0.5, 0.6) is 0 Å². The summed E-state index contributed by atoms with van der Waals surface area (Å²) >= 11 is 0. The van der Waals surface area contributed by atoms with Gasteiger partial charge in [-0.2, -0.15) is 15.5 Å². The van der Waals surface area contributed by atoms with Gasteiger partial charge in [0.2, 0.25) is 11.9 Å². The van der Waals surface area contributed by atoms with E-state index >= 15 is 0 Å². The number of nitrogen functional groups attached to an aromatic ring is 1. The molecule has 1 aliphatic heterocycles. The monoisotopic (exact) mass is 277 g/mol. The lowest BCUT2D eigenvalue weighted by molar-refractivity contribution is 0.476. The van der Waals surface area contributed by atoms with Gasteiger partial charge in [-0.1, -0.05) is 12.1 Å². The Bertz CT molecular complexity index is 801. The summed E-state index contributed by atoms with van der Waals surface area (Å²) in [4.78, 5) is 8.34. The molecular weight excluding hydrogens is 266 g/mol. The summed E-state index contributed by atoms with van der Waals surface area (Å²) < 4.78 is 1.57. The summed E-state index contributed by atoms with van der Waals surface area (Å²) in [7, 11) is 0. The van der Waals surface area contributed by atoms with Gasteiger partial charge in [0.25, 0.3) is 0 Å². The Morgan fingerprint density at radius 2 is 1.95 bits per heavy atom. The Morgan fingerprint density at radius 1 is 1.24 bits per heavy atom. The van der Waals surface area contributed by atoms with Crippen LogP contribution in [-0.4, -0.2) is 20.5 Å². The maximum Gasteiger partial charge on any atom is 0.250 e. The minimum atomic E-state index is -0.452. The van der Waals surface area contributed by atoms with E-state index in [0.717, 1.165) is 5.56 Å². The molecule has 2 aromatic rings. The molecule has 1 aromatic carbocycles. The Kier molecular flexibility index (Phi) is 2.89. The highest BCUT2D eigenvalue weighted by molar-refractivity contribution is 5.90. The largest absolute Gasteiger partial charge is 0.366 e. The molecule has 2 N–H and O–H groups in total. The molecule has 0 spiro atoms. The fourth-order valence-corrected chi connectivity index (χ4v) is 2.44. The van der Waals surface area contributed by atoms with Crippen molar-refractivity contribution in [2.75, 3.05) is 5.73 Å². The standard InChI is InChI=1S/C14H11N7/c1-8-11(7-16)12(10-4-2-9(6-15)3-5-10)21-14(18-8)19-13(17)20-21/h2-5,11-12H,1H3,(H2,17,20). The number of benzene rings is 1. The van der Waals surface area contributed by atoms with Crippen molar-refractivity contribution < 1.29 is 0 Å². The van der Waals surface area contributed by atoms with E-state index in [2.05, 4.69) is 27.2 Å². The molecule has 0 saturated heterocycles. The zero-order valence-corrected chi connectivity index (χ0v) is 11.2. The van der Waals surface area contributed by atoms with Crippen LogP contribution in [-0.2, 0) is 0 Å². The van der Waals surface area contributed by atoms with Crippen molar-refractivity contribution in [3.05, 3.63) is 35.4 Å². The zero-order chi connectivity index (χ0) is 15.0. The Labute approximate surface area is 121 Å². The van der Waals surface area contributed by atoms with E-state index in [1.807, 2.05) is 12.1 Å².